The summed E-state index contributed by atoms with van der Waals surface area (Å²) >= 11 is 1.74. The maximum Gasteiger partial charge on any atom is 0.416 e. The van der Waals surface area contributed by atoms with E-state index < -0.39 is 17.6 Å². The number of hydrogen-bond donors (Lipinski definition) is 1. The van der Waals surface area contributed by atoms with Crippen molar-refractivity contribution in [2.45, 2.75) is 24.4 Å². The molecule has 0 radical (unpaired) electrons. The number of hydrogen-bond acceptors (Lipinski definition) is 5. The largest absolute Gasteiger partial charge is 0.416 e. The third-order valence-corrected chi connectivity index (χ3v) is 4.65. The lowest BCUT2D eigenvalue weighted by Crippen LogP contribution is -2.13. The van der Waals surface area contributed by atoms with Crippen LogP contribution < -0.4 is 5.32 Å². The monoisotopic (exact) mass is 407 g/mol. The maximum absolute atomic E-state index is 12.6. The van der Waals surface area contributed by atoms with E-state index in [0.29, 0.717) is 12.3 Å². The molecule has 1 N–H and O–H groups in total. The summed E-state index contributed by atoms with van der Waals surface area (Å²) in [6.07, 6.45) is -4.05. The van der Waals surface area contributed by atoms with E-state index in [2.05, 4.69) is 22.4 Å². The average Bonchev–Trinajstić information content (AvgIpc) is 3.10. The molecule has 2 aromatic carbocycles. The Bertz CT molecular complexity index is 938. The quantitative estimate of drug-likeness (QED) is 0.580. The number of nitrogens with zero attached hydrogens (tertiary/aromatic N) is 2. The Labute approximate surface area is 163 Å². The number of halogens is 3. The Kier molecular flexibility index (Phi) is 6.03. The second-order valence-corrected chi connectivity index (χ2v) is 7.12. The van der Waals surface area contributed by atoms with Crippen LogP contribution in [0.3, 0.4) is 0 Å². The van der Waals surface area contributed by atoms with Crippen LogP contribution >= 0.6 is 11.8 Å². The molecule has 1 aromatic heterocycles. The number of aromatic nitrogens is 2. The van der Waals surface area contributed by atoms with Crippen LogP contribution in [-0.2, 0) is 12.6 Å². The molecule has 0 fully saturated rings. The van der Waals surface area contributed by atoms with Gasteiger partial charge in [0.2, 0.25) is 5.89 Å². The Morgan fingerprint density at radius 1 is 1.07 bits per heavy atom. The number of benzene rings is 2. The summed E-state index contributed by atoms with van der Waals surface area (Å²) in [4.78, 5) is 13.3. The van der Waals surface area contributed by atoms with Crippen molar-refractivity contribution >= 4 is 23.7 Å². The summed E-state index contributed by atoms with van der Waals surface area (Å²) < 4.78 is 43.1. The van der Waals surface area contributed by atoms with Gasteiger partial charge in [-0.1, -0.05) is 24.2 Å². The summed E-state index contributed by atoms with van der Waals surface area (Å²) in [7, 11) is 0. The van der Waals surface area contributed by atoms with Crippen LogP contribution in [0.5, 0.6) is 0 Å². The summed E-state index contributed by atoms with van der Waals surface area (Å²) in [6, 6.07) is 11.7. The summed E-state index contributed by atoms with van der Waals surface area (Å²) in [5.74, 6) is 0.675. The fourth-order valence-corrected chi connectivity index (χ4v) is 3.06. The van der Waals surface area contributed by atoms with Crippen LogP contribution in [0, 0.1) is 0 Å². The lowest BCUT2D eigenvalue weighted by atomic mass is 10.1. The molecular formula is C19H16F3N3O2S. The Hall–Kier alpha value is -2.81. The topological polar surface area (TPSA) is 68.0 Å². The molecule has 3 rings (SSSR count). The minimum atomic E-state index is -4.45. The van der Waals surface area contributed by atoms with Crippen LogP contribution in [0.2, 0.25) is 0 Å². The van der Waals surface area contributed by atoms with E-state index in [4.69, 9.17) is 4.42 Å². The van der Waals surface area contributed by atoms with Crippen molar-refractivity contribution < 1.29 is 22.4 Å². The molecule has 9 heteroatoms. The zero-order valence-electron chi connectivity index (χ0n) is 14.8. The molecule has 0 saturated carbocycles. The van der Waals surface area contributed by atoms with Crippen LogP contribution in [0.1, 0.15) is 34.3 Å². The molecular weight excluding hydrogens is 391 g/mol. The second kappa shape index (κ2) is 8.47. The predicted octanol–water partition coefficient (Wildman–Crippen LogP) is 5.04. The van der Waals surface area contributed by atoms with E-state index in [-0.39, 0.29) is 11.6 Å². The van der Waals surface area contributed by atoms with E-state index >= 15 is 0 Å². The zero-order valence-corrected chi connectivity index (χ0v) is 15.6. The van der Waals surface area contributed by atoms with Gasteiger partial charge in [-0.15, -0.1) is 16.9 Å². The van der Waals surface area contributed by atoms with Gasteiger partial charge < -0.3 is 4.42 Å². The first-order chi connectivity index (χ1) is 13.3. The van der Waals surface area contributed by atoms with Crippen molar-refractivity contribution in [3.63, 3.8) is 0 Å². The highest BCUT2D eigenvalue weighted by Gasteiger charge is 2.30. The third kappa shape index (κ3) is 5.13. The molecule has 0 spiro atoms. The molecule has 0 atom stereocenters. The minimum absolute atomic E-state index is 0.0526. The molecule has 0 aliphatic carbocycles. The number of alkyl halides is 3. The molecule has 146 valence electrons. The van der Waals surface area contributed by atoms with Crippen LogP contribution in [0.25, 0.3) is 0 Å². The molecule has 0 saturated heterocycles. The van der Waals surface area contributed by atoms with Gasteiger partial charge in [-0.25, -0.2) is 0 Å². The van der Waals surface area contributed by atoms with E-state index in [1.807, 2.05) is 24.3 Å². The summed E-state index contributed by atoms with van der Waals surface area (Å²) in [6.45, 7) is 2.08. The van der Waals surface area contributed by atoms with Gasteiger partial charge in [-0.2, -0.15) is 13.2 Å². The highest BCUT2D eigenvalue weighted by molar-refractivity contribution is 7.99. The van der Waals surface area contributed by atoms with Gasteiger partial charge in [0.05, 0.1) is 12.0 Å². The van der Waals surface area contributed by atoms with Gasteiger partial charge in [0, 0.05) is 10.5 Å². The van der Waals surface area contributed by atoms with Gasteiger partial charge in [0.15, 0.2) is 0 Å². The predicted molar refractivity (Wildman–Crippen MR) is 99.3 cm³/mol. The first-order valence-corrected chi connectivity index (χ1v) is 9.36. The van der Waals surface area contributed by atoms with Crippen molar-refractivity contribution in [2.24, 2.45) is 0 Å². The van der Waals surface area contributed by atoms with Crippen LogP contribution in [-0.4, -0.2) is 21.9 Å². The Morgan fingerprint density at radius 3 is 2.36 bits per heavy atom. The number of carbonyl (C=O) groups is 1. The smallest absolute Gasteiger partial charge is 0.407 e. The lowest BCUT2D eigenvalue weighted by Gasteiger charge is -2.07. The number of rotatable bonds is 6. The number of thioether (sulfide) groups is 1. The van der Waals surface area contributed by atoms with Crippen molar-refractivity contribution in [3.05, 3.63) is 71.1 Å². The van der Waals surface area contributed by atoms with Gasteiger partial charge in [0.1, 0.15) is 0 Å². The number of amides is 1. The minimum Gasteiger partial charge on any atom is -0.407 e. The molecule has 3 aromatic rings. The normalized spacial score (nSPS) is 11.4. The van der Waals surface area contributed by atoms with Crippen molar-refractivity contribution in [2.75, 3.05) is 11.1 Å². The molecule has 0 unspecified atom stereocenters. The SMILES string of the molecule is CCSc1ccc(Cc2nnc(NC(=O)c3ccc(C(F)(F)F)cc3)o2)cc1. The Morgan fingerprint density at radius 2 is 1.75 bits per heavy atom. The molecule has 0 aliphatic heterocycles. The zero-order chi connectivity index (χ0) is 20.1. The van der Waals surface area contributed by atoms with Crippen LogP contribution in [0.4, 0.5) is 19.2 Å². The van der Waals surface area contributed by atoms with Crippen molar-refractivity contribution in [1.82, 2.24) is 10.2 Å². The maximum atomic E-state index is 12.6. The molecule has 0 aliphatic rings. The number of nitrogens with one attached hydrogen (secondary N) is 1. The van der Waals surface area contributed by atoms with E-state index in [1.165, 1.54) is 4.90 Å². The van der Waals surface area contributed by atoms with Crippen molar-refractivity contribution in [1.29, 1.82) is 0 Å². The third-order valence-electron chi connectivity index (χ3n) is 3.75. The molecule has 28 heavy (non-hydrogen) atoms. The highest BCUT2D eigenvalue weighted by atomic mass is 32.2. The lowest BCUT2D eigenvalue weighted by molar-refractivity contribution is -0.137. The summed E-state index contributed by atoms with van der Waals surface area (Å²) in [5.41, 5.74) is 0.203. The number of anilines is 1. The van der Waals surface area contributed by atoms with E-state index in [1.54, 1.807) is 11.8 Å². The number of carbonyl (C=O) groups excluding carboxylic acids is 1. The van der Waals surface area contributed by atoms with E-state index in [9.17, 15) is 18.0 Å². The van der Waals surface area contributed by atoms with E-state index in [0.717, 1.165) is 35.6 Å². The van der Waals surface area contributed by atoms with Crippen LogP contribution in [0.15, 0.2) is 57.8 Å². The summed E-state index contributed by atoms with van der Waals surface area (Å²) in [5, 5.41) is 10.0. The molecule has 1 heterocycles. The average molecular weight is 407 g/mol. The standard InChI is InChI=1S/C19H16F3N3O2S/c1-2-28-15-9-3-12(4-10-15)11-16-24-25-18(27-16)23-17(26)13-5-7-14(8-6-13)19(20,21)22/h3-10H,2,11H2,1H3,(H,23,25,26). The van der Waals surface area contributed by atoms with Gasteiger partial charge in [-0.05, 0) is 47.7 Å². The first kappa shape index (κ1) is 19.9. The van der Waals surface area contributed by atoms with Gasteiger partial charge in [-0.3, -0.25) is 10.1 Å². The fourth-order valence-electron chi connectivity index (χ4n) is 2.40. The molecule has 0 bridgehead atoms. The molecule has 1 amide bonds. The van der Waals surface area contributed by atoms with Gasteiger partial charge >= 0.3 is 12.2 Å². The van der Waals surface area contributed by atoms with Gasteiger partial charge in [0.25, 0.3) is 5.91 Å². The first-order valence-electron chi connectivity index (χ1n) is 8.38. The van der Waals surface area contributed by atoms with Crippen molar-refractivity contribution in [3.8, 4) is 0 Å². The highest BCUT2D eigenvalue weighted by Crippen LogP contribution is 2.29. The fraction of sp³-hybridized carbons (Fsp3) is 0.211. The second-order valence-electron chi connectivity index (χ2n) is 5.78. The molecule has 5 nitrogen and oxygen atoms in total. The Balaban J connectivity index is 1.61.